The van der Waals surface area contributed by atoms with Crippen LogP contribution >= 0.6 is 0 Å². The highest BCUT2D eigenvalue weighted by atomic mass is 16.5. The van der Waals surface area contributed by atoms with Crippen LogP contribution in [0.4, 0.5) is 0 Å². The Labute approximate surface area is 100 Å². The van der Waals surface area contributed by atoms with E-state index in [0.29, 0.717) is 5.92 Å². The van der Waals surface area contributed by atoms with Gasteiger partial charge in [-0.25, -0.2) is 0 Å². The van der Waals surface area contributed by atoms with Crippen molar-refractivity contribution in [1.82, 2.24) is 4.90 Å². The molecule has 0 aromatic rings. The molecular formula is C13H26N2O. The molecule has 0 amide bonds. The Hall–Kier alpha value is -0.830. The highest BCUT2D eigenvalue weighted by molar-refractivity contribution is 5.56. The van der Waals surface area contributed by atoms with Crippen molar-refractivity contribution in [2.75, 3.05) is 26.8 Å². The molecule has 0 heterocycles. The van der Waals surface area contributed by atoms with Crippen molar-refractivity contribution in [3.05, 3.63) is 12.3 Å². The van der Waals surface area contributed by atoms with Crippen LogP contribution < -0.4 is 0 Å². The van der Waals surface area contributed by atoms with Gasteiger partial charge in [0.2, 0.25) is 0 Å². The van der Waals surface area contributed by atoms with E-state index in [1.165, 1.54) is 12.8 Å². The van der Waals surface area contributed by atoms with Crippen molar-refractivity contribution in [1.29, 1.82) is 0 Å². The van der Waals surface area contributed by atoms with Gasteiger partial charge in [-0.05, 0) is 19.3 Å². The Balaban J connectivity index is 3.92. The van der Waals surface area contributed by atoms with Crippen molar-refractivity contribution in [2.45, 2.75) is 33.6 Å². The second-order valence-corrected chi connectivity index (χ2v) is 4.11. The molecular weight excluding hydrogens is 200 g/mol. The maximum Gasteiger partial charge on any atom is 0.0889 e. The summed E-state index contributed by atoms with van der Waals surface area (Å²) in [4.78, 5) is 6.57. The zero-order valence-electron chi connectivity index (χ0n) is 11.1. The minimum Gasteiger partial charge on any atom is -0.384 e. The van der Waals surface area contributed by atoms with Gasteiger partial charge in [0.25, 0.3) is 0 Å². The largest absolute Gasteiger partial charge is 0.384 e. The van der Waals surface area contributed by atoms with Crippen molar-refractivity contribution in [3.63, 3.8) is 0 Å². The topological polar surface area (TPSA) is 24.8 Å². The van der Waals surface area contributed by atoms with Gasteiger partial charge in [-0.2, -0.15) is 0 Å². The number of methoxy groups -OCH3 is 1. The van der Waals surface area contributed by atoms with Gasteiger partial charge >= 0.3 is 0 Å². The average Bonchev–Trinajstić information content (AvgIpc) is 2.26. The maximum absolute atomic E-state index is 5.07. The molecule has 1 atom stereocenters. The summed E-state index contributed by atoms with van der Waals surface area (Å²) in [6.07, 6.45) is 8.45. The summed E-state index contributed by atoms with van der Waals surface area (Å²) in [6, 6.07) is 0. The first-order valence-corrected chi connectivity index (χ1v) is 6.12. The van der Waals surface area contributed by atoms with E-state index in [-0.39, 0.29) is 0 Å². The lowest BCUT2D eigenvalue weighted by Gasteiger charge is -2.14. The van der Waals surface area contributed by atoms with Gasteiger partial charge < -0.3 is 9.64 Å². The lowest BCUT2D eigenvalue weighted by Crippen LogP contribution is -2.17. The van der Waals surface area contributed by atoms with Gasteiger partial charge in [-0.15, -0.1) is 0 Å². The Bertz CT molecular complexity index is 202. The molecule has 0 fully saturated rings. The standard InChI is InChI=1S/C13H26N2O/c1-5-7-9-15(8-6-2)12-14-10-13(3)11-16-4/h6,8,12-13H,5,7,9-11H2,1-4H3/b8-6-,14-12?. The molecule has 16 heavy (non-hydrogen) atoms. The van der Waals surface area contributed by atoms with Crippen LogP contribution in [-0.4, -0.2) is 38.0 Å². The molecule has 0 aliphatic carbocycles. The highest BCUT2D eigenvalue weighted by Gasteiger charge is 1.99. The van der Waals surface area contributed by atoms with Crippen LogP contribution in [0.5, 0.6) is 0 Å². The maximum atomic E-state index is 5.07. The van der Waals surface area contributed by atoms with Crippen molar-refractivity contribution in [3.8, 4) is 0 Å². The molecule has 0 aromatic heterocycles. The van der Waals surface area contributed by atoms with Crippen LogP contribution in [0.15, 0.2) is 17.3 Å². The SMILES string of the molecule is C/C=C\N(C=NCC(C)COC)CCCC. The number of hydrogen-bond acceptors (Lipinski definition) is 2. The van der Waals surface area contributed by atoms with E-state index >= 15 is 0 Å². The van der Waals surface area contributed by atoms with Gasteiger partial charge in [0.05, 0.1) is 12.9 Å². The van der Waals surface area contributed by atoms with Crippen molar-refractivity contribution in [2.24, 2.45) is 10.9 Å². The molecule has 0 aliphatic rings. The number of ether oxygens (including phenoxy) is 1. The van der Waals surface area contributed by atoms with E-state index < -0.39 is 0 Å². The predicted molar refractivity (Wildman–Crippen MR) is 70.8 cm³/mol. The first kappa shape index (κ1) is 15.2. The number of aliphatic imine (C=N–C) groups is 1. The molecule has 0 aliphatic heterocycles. The summed E-state index contributed by atoms with van der Waals surface area (Å²) in [5, 5.41) is 0. The van der Waals surface area contributed by atoms with Crippen LogP contribution in [0.1, 0.15) is 33.6 Å². The van der Waals surface area contributed by atoms with E-state index in [1.807, 2.05) is 19.3 Å². The second kappa shape index (κ2) is 10.7. The lowest BCUT2D eigenvalue weighted by molar-refractivity contribution is 0.163. The van der Waals surface area contributed by atoms with Gasteiger partial charge in [0.1, 0.15) is 0 Å². The first-order chi connectivity index (χ1) is 7.74. The second-order valence-electron chi connectivity index (χ2n) is 4.11. The Morgan fingerprint density at radius 3 is 2.75 bits per heavy atom. The highest BCUT2D eigenvalue weighted by Crippen LogP contribution is 1.97. The van der Waals surface area contributed by atoms with E-state index in [4.69, 9.17) is 4.74 Å². The van der Waals surface area contributed by atoms with Gasteiger partial charge in [-0.3, -0.25) is 4.99 Å². The normalized spacial score (nSPS) is 13.8. The van der Waals surface area contributed by atoms with E-state index in [9.17, 15) is 0 Å². The van der Waals surface area contributed by atoms with Crippen LogP contribution in [0.2, 0.25) is 0 Å². The van der Waals surface area contributed by atoms with Gasteiger partial charge in [0.15, 0.2) is 0 Å². The molecule has 0 radical (unpaired) electrons. The molecule has 94 valence electrons. The predicted octanol–water partition coefficient (Wildman–Crippen LogP) is 2.93. The Morgan fingerprint density at radius 1 is 1.44 bits per heavy atom. The Kier molecular flexibility index (Phi) is 10.1. The first-order valence-electron chi connectivity index (χ1n) is 6.12. The van der Waals surface area contributed by atoms with Crippen molar-refractivity contribution < 1.29 is 4.74 Å². The average molecular weight is 226 g/mol. The molecule has 3 nitrogen and oxygen atoms in total. The summed E-state index contributed by atoms with van der Waals surface area (Å²) in [6.45, 7) is 9.02. The number of hydrogen-bond donors (Lipinski definition) is 0. The van der Waals surface area contributed by atoms with Crippen LogP contribution in [-0.2, 0) is 4.74 Å². The molecule has 0 aromatic carbocycles. The minimum atomic E-state index is 0.486. The van der Waals surface area contributed by atoms with Crippen LogP contribution in [0.3, 0.4) is 0 Å². The number of allylic oxidation sites excluding steroid dienone is 1. The summed E-state index contributed by atoms with van der Waals surface area (Å²) in [5.74, 6) is 0.486. The smallest absolute Gasteiger partial charge is 0.0889 e. The molecule has 3 heteroatoms. The summed E-state index contributed by atoms with van der Waals surface area (Å²) in [5.41, 5.74) is 0. The fourth-order valence-corrected chi connectivity index (χ4v) is 1.37. The van der Waals surface area contributed by atoms with Gasteiger partial charge in [-0.1, -0.05) is 26.3 Å². The molecule has 0 saturated heterocycles. The number of rotatable bonds is 9. The monoisotopic (exact) mass is 226 g/mol. The van der Waals surface area contributed by atoms with E-state index in [2.05, 4.69) is 29.9 Å². The zero-order chi connectivity index (χ0) is 12.2. The summed E-state index contributed by atoms with van der Waals surface area (Å²) < 4.78 is 5.07. The molecule has 0 N–H and O–H groups in total. The zero-order valence-corrected chi connectivity index (χ0v) is 11.1. The Morgan fingerprint density at radius 2 is 2.19 bits per heavy atom. The quantitative estimate of drug-likeness (QED) is 0.446. The fourth-order valence-electron chi connectivity index (χ4n) is 1.37. The lowest BCUT2D eigenvalue weighted by atomic mass is 10.2. The van der Waals surface area contributed by atoms with Gasteiger partial charge in [0, 0.05) is 26.4 Å². The van der Waals surface area contributed by atoms with E-state index in [1.54, 1.807) is 7.11 Å². The number of unbranched alkanes of at least 4 members (excludes halogenated alkanes) is 1. The van der Waals surface area contributed by atoms with E-state index in [0.717, 1.165) is 19.7 Å². The third kappa shape index (κ3) is 8.48. The van der Waals surface area contributed by atoms with Crippen molar-refractivity contribution >= 4 is 6.34 Å². The third-order valence-electron chi connectivity index (χ3n) is 2.21. The summed E-state index contributed by atoms with van der Waals surface area (Å²) >= 11 is 0. The molecule has 0 spiro atoms. The molecule has 0 rings (SSSR count). The number of nitrogens with zero attached hydrogens (tertiary/aromatic N) is 2. The fraction of sp³-hybridized carbons (Fsp3) is 0.769. The minimum absolute atomic E-state index is 0.486. The molecule has 0 saturated carbocycles. The summed E-state index contributed by atoms with van der Waals surface area (Å²) in [7, 11) is 1.73. The van der Waals surface area contributed by atoms with Crippen LogP contribution in [0, 0.1) is 5.92 Å². The third-order valence-corrected chi connectivity index (χ3v) is 2.21. The molecule has 0 bridgehead atoms. The molecule has 1 unspecified atom stereocenters. The van der Waals surface area contributed by atoms with Crippen LogP contribution in [0.25, 0.3) is 0 Å².